The van der Waals surface area contributed by atoms with E-state index in [4.69, 9.17) is 0 Å². The largest absolute Gasteiger partial charge is 0.324 e. The molecule has 6 nitrogen and oxygen atoms in total. The number of thiophene rings is 1. The van der Waals surface area contributed by atoms with Gasteiger partial charge in [-0.15, -0.1) is 23.1 Å². The van der Waals surface area contributed by atoms with Crippen LogP contribution in [0.15, 0.2) is 72.1 Å². The number of carbonyl (C=O) groups is 3. The van der Waals surface area contributed by atoms with Crippen molar-refractivity contribution in [3.8, 4) is 0 Å². The molecule has 0 saturated carbocycles. The summed E-state index contributed by atoms with van der Waals surface area (Å²) in [4.78, 5) is 40.1. The quantitative estimate of drug-likeness (QED) is 0.628. The number of nitrogens with one attached hydrogen (secondary N) is 2. The van der Waals surface area contributed by atoms with Gasteiger partial charge in [-0.3, -0.25) is 14.4 Å². The topological polar surface area (TPSA) is 78.5 Å². The maximum absolute atomic E-state index is 12.9. The van der Waals surface area contributed by atoms with Crippen molar-refractivity contribution in [2.24, 2.45) is 0 Å². The zero-order valence-electron chi connectivity index (χ0n) is 15.9. The highest BCUT2D eigenvalue weighted by Crippen LogP contribution is 2.25. The van der Waals surface area contributed by atoms with Crippen molar-refractivity contribution in [1.29, 1.82) is 0 Å². The zero-order chi connectivity index (χ0) is 20.9. The second-order valence-electron chi connectivity index (χ2n) is 6.66. The van der Waals surface area contributed by atoms with Crippen LogP contribution >= 0.6 is 23.1 Å². The minimum Gasteiger partial charge on any atom is -0.324 e. The first-order valence-corrected chi connectivity index (χ1v) is 11.3. The summed E-state index contributed by atoms with van der Waals surface area (Å²) in [5.74, 6) is 0.422. The van der Waals surface area contributed by atoms with Crippen molar-refractivity contribution in [2.75, 3.05) is 22.3 Å². The molecule has 4 rings (SSSR count). The van der Waals surface area contributed by atoms with E-state index in [1.807, 2.05) is 29.6 Å². The molecule has 2 N–H and O–H groups in total. The van der Waals surface area contributed by atoms with Crippen molar-refractivity contribution < 1.29 is 14.4 Å². The summed E-state index contributed by atoms with van der Waals surface area (Å²) < 4.78 is 0. The van der Waals surface area contributed by atoms with Gasteiger partial charge >= 0.3 is 0 Å². The van der Waals surface area contributed by atoms with E-state index >= 15 is 0 Å². The van der Waals surface area contributed by atoms with Gasteiger partial charge in [0.25, 0.3) is 11.8 Å². The van der Waals surface area contributed by atoms with Crippen molar-refractivity contribution in [3.63, 3.8) is 0 Å². The van der Waals surface area contributed by atoms with Gasteiger partial charge in [0.2, 0.25) is 5.91 Å². The molecule has 0 spiro atoms. The Labute approximate surface area is 182 Å². The highest BCUT2D eigenvalue weighted by molar-refractivity contribution is 7.99. The van der Waals surface area contributed by atoms with Crippen molar-refractivity contribution in [1.82, 2.24) is 4.90 Å². The van der Waals surface area contributed by atoms with E-state index in [2.05, 4.69) is 10.6 Å². The summed E-state index contributed by atoms with van der Waals surface area (Å²) in [6.07, 6.45) is 0. The Morgan fingerprint density at radius 3 is 2.40 bits per heavy atom. The van der Waals surface area contributed by atoms with Gasteiger partial charge in [0.05, 0.1) is 10.8 Å². The number of hydrogen-bond donors (Lipinski definition) is 2. The summed E-state index contributed by atoms with van der Waals surface area (Å²) in [5, 5.41) is 7.54. The van der Waals surface area contributed by atoms with Crippen LogP contribution in [0.3, 0.4) is 0 Å². The normalized spacial score (nSPS) is 15.6. The Morgan fingerprint density at radius 1 is 0.900 bits per heavy atom. The van der Waals surface area contributed by atoms with Gasteiger partial charge in [-0.05, 0) is 41.8 Å². The van der Waals surface area contributed by atoms with E-state index in [1.165, 1.54) is 11.3 Å². The molecule has 1 fully saturated rings. The predicted molar refractivity (Wildman–Crippen MR) is 121 cm³/mol. The number of anilines is 2. The van der Waals surface area contributed by atoms with Crippen LogP contribution in [0.4, 0.5) is 11.4 Å². The lowest BCUT2D eigenvalue weighted by molar-refractivity contribution is -0.119. The van der Waals surface area contributed by atoms with Gasteiger partial charge in [-0.1, -0.05) is 30.3 Å². The third-order valence-corrected chi connectivity index (χ3v) is 6.48. The van der Waals surface area contributed by atoms with Crippen LogP contribution < -0.4 is 10.6 Å². The molecule has 2 heterocycles. The van der Waals surface area contributed by atoms with Crippen LogP contribution in [-0.2, 0) is 4.79 Å². The summed E-state index contributed by atoms with van der Waals surface area (Å²) in [7, 11) is 0. The van der Waals surface area contributed by atoms with Crippen LogP contribution in [0.5, 0.6) is 0 Å². The maximum Gasteiger partial charge on any atom is 0.265 e. The molecule has 1 aliphatic heterocycles. The monoisotopic (exact) mass is 437 g/mol. The van der Waals surface area contributed by atoms with Gasteiger partial charge in [0.15, 0.2) is 0 Å². The van der Waals surface area contributed by atoms with Crippen LogP contribution in [0.1, 0.15) is 20.0 Å². The average Bonchev–Trinajstić information content (AvgIpc) is 3.46. The smallest absolute Gasteiger partial charge is 0.265 e. The van der Waals surface area contributed by atoms with Crippen molar-refractivity contribution in [2.45, 2.75) is 6.04 Å². The van der Waals surface area contributed by atoms with E-state index in [0.717, 1.165) is 0 Å². The number of amides is 3. The maximum atomic E-state index is 12.9. The molecule has 3 aromatic rings. The third kappa shape index (κ3) is 4.55. The molecule has 1 atom stereocenters. The Balaban J connectivity index is 1.43. The fourth-order valence-electron chi connectivity index (χ4n) is 3.11. The number of benzene rings is 2. The number of nitrogens with zero attached hydrogens (tertiary/aromatic N) is 1. The van der Waals surface area contributed by atoms with E-state index < -0.39 is 6.04 Å². The van der Waals surface area contributed by atoms with E-state index in [0.29, 0.717) is 33.4 Å². The van der Waals surface area contributed by atoms with E-state index in [-0.39, 0.29) is 17.7 Å². The SMILES string of the molecule is O=C(Nc1cccc(NC(=O)[C@@H]2CSCN2C(=O)c2ccccc2)c1)c1cccs1. The molecule has 1 aliphatic rings. The third-order valence-electron chi connectivity index (χ3n) is 4.60. The standard InChI is InChI=1S/C22H19N3O3S2/c26-20(18-13-29-14-25(18)22(28)15-6-2-1-3-7-15)23-16-8-4-9-17(12-16)24-21(27)19-10-5-11-30-19/h1-12,18H,13-14H2,(H,23,26)(H,24,27)/t18-/m0/s1. The summed E-state index contributed by atoms with van der Waals surface area (Å²) in [6, 6.07) is 19.0. The summed E-state index contributed by atoms with van der Waals surface area (Å²) >= 11 is 2.91. The van der Waals surface area contributed by atoms with Crippen LogP contribution in [-0.4, -0.2) is 40.3 Å². The van der Waals surface area contributed by atoms with E-state index in [1.54, 1.807) is 59.1 Å². The lowest BCUT2D eigenvalue weighted by Crippen LogP contribution is -2.44. The van der Waals surface area contributed by atoms with Crippen LogP contribution in [0.2, 0.25) is 0 Å². The first-order chi connectivity index (χ1) is 14.6. The van der Waals surface area contributed by atoms with Gasteiger partial charge in [0.1, 0.15) is 6.04 Å². The van der Waals surface area contributed by atoms with Gasteiger partial charge in [-0.2, -0.15) is 0 Å². The summed E-state index contributed by atoms with van der Waals surface area (Å²) in [5.41, 5.74) is 1.72. The van der Waals surface area contributed by atoms with E-state index in [9.17, 15) is 14.4 Å². The molecular formula is C22H19N3O3S2. The Bertz CT molecular complexity index is 1050. The number of rotatable bonds is 5. The lowest BCUT2D eigenvalue weighted by Gasteiger charge is -2.23. The molecule has 0 aliphatic carbocycles. The molecule has 3 amide bonds. The Kier molecular flexibility index (Phi) is 6.15. The highest BCUT2D eigenvalue weighted by Gasteiger charge is 2.35. The highest BCUT2D eigenvalue weighted by atomic mass is 32.2. The van der Waals surface area contributed by atoms with Crippen LogP contribution in [0, 0.1) is 0 Å². The first kappa shape index (κ1) is 20.2. The molecule has 0 radical (unpaired) electrons. The van der Waals surface area contributed by atoms with Gasteiger partial charge in [0, 0.05) is 22.7 Å². The molecule has 0 unspecified atom stereocenters. The molecule has 30 heavy (non-hydrogen) atoms. The van der Waals surface area contributed by atoms with Crippen molar-refractivity contribution in [3.05, 3.63) is 82.6 Å². The van der Waals surface area contributed by atoms with Crippen molar-refractivity contribution >= 4 is 52.2 Å². The van der Waals surface area contributed by atoms with Crippen LogP contribution in [0.25, 0.3) is 0 Å². The fraction of sp³-hybridized carbons (Fsp3) is 0.136. The summed E-state index contributed by atoms with van der Waals surface area (Å²) in [6.45, 7) is 0. The van der Waals surface area contributed by atoms with Gasteiger partial charge < -0.3 is 15.5 Å². The molecule has 0 bridgehead atoms. The number of carbonyl (C=O) groups excluding carboxylic acids is 3. The fourth-order valence-corrected chi connectivity index (χ4v) is 4.88. The Hall–Kier alpha value is -3.10. The molecular weight excluding hydrogens is 418 g/mol. The van der Waals surface area contributed by atoms with Gasteiger partial charge in [-0.25, -0.2) is 0 Å². The first-order valence-electron chi connectivity index (χ1n) is 9.31. The zero-order valence-corrected chi connectivity index (χ0v) is 17.5. The molecule has 8 heteroatoms. The molecule has 2 aromatic carbocycles. The second-order valence-corrected chi connectivity index (χ2v) is 8.61. The predicted octanol–water partition coefficient (Wildman–Crippen LogP) is 4.15. The minimum atomic E-state index is -0.549. The number of thioether (sulfide) groups is 1. The molecule has 152 valence electrons. The lowest BCUT2D eigenvalue weighted by atomic mass is 10.1. The Morgan fingerprint density at radius 2 is 1.67 bits per heavy atom. The minimum absolute atomic E-state index is 0.155. The average molecular weight is 438 g/mol. The molecule has 1 aromatic heterocycles. The second kappa shape index (κ2) is 9.15. The number of hydrogen-bond acceptors (Lipinski definition) is 5. The molecule has 1 saturated heterocycles.